The molecule has 11 nitrogen and oxygen atoms in total. The average molecular weight is 587 g/mol. The first-order valence-electron chi connectivity index (χ1n) is 14.2. The number of benzene rings is 1. The first-order chi connectivity index (χ1) is 20.1. The second kappa shape index (κ2) is 16.1. The van der Waals surface area contributed by atoms with E-state index in [1.54, 1.807) is 6.92 Å². The Hall–Kier alpha value is -3.70. The van der Waals surface area contributed by atoms with Gasteiger partial charge in [-0.05, 0) is 30.7 Å². The number of carbonyl (C=O) groups is 3. The summed E-state index contributed by atoms with van der Waals surface area (Å²) < 4.78 is 34.0. The highest BCUT2D eigenvalue weighted by Gasteiger charge is 2.40. The molecule has 2 aromatic rings. The van der Waals surface area contributed by atoms with Crippen molar-refractivity contribution in [3.05, 3.63) is 53.9 Å². The molecule has 1 aliphatic heterocycles. The Kier molecular flexibility index (Phi) is 12.6. The number of rotatable bonds is 13. The van der Waals surface area contributed by atoms with Crippen LogP contribution in [0.5, 0.6) is 11.5 Å². The van der Waals surface area contributed by atoms with Gasteiger partial charge in [-0.25, -0.2) is 9.78 Å². The summed E-state index contributed by atoms with van der Waals surface area (Å²) in [4.78, 5) is 44.2. The standard InChI is InChI=1S/C31H42N2O9/c1-19(2)15-38-18-41-28-25(37-6)12-13-32-26(28)29(34)33-24-17-40-30(35)23(14-22-10-8-7-9-11-22)27(39-16-20(3)4)21(5)42-31(24)36/h7-13,19-21,23-24,27H,14-18H2,1-6H3,(H,33,34)/t21-,23?,24-,27-/m0/s1. The lowest BCUT2D eigenvalue weighted by Gasteiger charge is -2.30. The summed E-state index contributed by atoms with van der Waals surface area (Å²) >= 11 is 0. The van der Waals surface area contributed by atoms with Gasteiger partial charge < -0.3 is 33.7 Å². The fourth-order valence-electron chi connectivity index (χ4n) is 4.36. The molecule has 0 bridgehead atoms. The van der Waals surface area contributed by atoms with Crippen molar-refractivity contribution < 1.29 is 42.8 Å². The number of carbonyl (C=O) groups excluding carboxylic acids is 3. The van der Waals surface area contributed by atoms with E-state index in [4.69, 9.17) is 28.4 Å². The highest BCUT2D eigenvalue weighted by Crippen LogP contribution is 2.30. The van der Waals surface area contributed by atoms with E-state index in [1.807, 2.05) is 58.0 Å². The predicted molar refractivity (Wildman–Crippen MR) is 153 cm³/mol. The molecule has 0 spiro atoms. The molecule has 1 unspecified atom stereocenters. The summed E-state index contributed by atoms with van der Waals surface area (Å²) in [7, 11) is 1.43. The molecule has 0 radical (unpaired) electrons. The lowest BCUT2D eigenvalue weighted by molar-refractivity contribution is -0.165. The molecule has 1 fully saturated rings. The second-order valence-electron chi connectivity index (χ2n) is 11.0. The largest absolute Gasteiger partial charge is 0.493 e. The lowest BCUT2D eigenvalue weighted by atomic mass is 9.91. The van der Waals surface area contributed by atoms with Gasteiger partial charge in [-0.3, -0.25) is 9.59 Å². The monoisotopic (exact) mass is 586 g/mol. The van der Waals surface area contributed by atoms with E-state index in [9.17, 15) is 14.4 Å². The Bertz CT molecular complexity index is 1170. The van der Waals surface area contributed by atoms with Gasteiger partial charge in [0.1, 0.15) is 18.8 Å². The maximum atomic E-state index is 13.4. The molecule has 11 heteroatoms. The highest BCUT2D eigenvalue weighted by atomic mass is 16.7. The first-order valence-corrected chi connectivity index (χ1v) is 14.2. The number of methoxy groups -OCH3 is 1. The minimum atomic E-state index is -1.30. The Labute approximate surface area is 247 Å². The number of nitrogens with one attached hydrogen (secondary N) is 1. The van der Waals surface area contributed by atoms with Gasteiger partial charge in [0.15, 0.2) is 30.0 Å². The van der Waals surface area contributed by atoms with Gasteiger partial charge in [-0.1, -0.05) is 58.0 Å². The van der Waals surface area contributed by atoms with Crippen molar-refractivity contribution in [2.45, 2.75) is 59.3 Å². The van der Waals surface area contributed by atoms with Crippen LogP contribution in [0, 0.1) is 17.8 Å². The zero-order chi connectivity index (χ0) is 30.6. The number of hydrogen-bond acceptors (Lipinski definition) is 10. The Morgan fingerprint density at radius 1 is 1.05 bits per heavy atom. The van der Waals surface area contributed by atoms with Gasteiger partial charge >= 0.3 is 11.9 Å². The van der Waals surface area contributed by atoms with Gasteiger partial charge in [0.25, 0.3) is 5.91 Å². The molecule has 42 heavy (non-hydrogen) atoms. The normalized spacial score (nSPS) is 21.1. The van der Waals surface area contributed by atoms with Crippen molar-refractivity contribution in [1.29, 1.82) is 0 Å². The van der Waals surface area contributed by atoms with Gasteiger partial charge in [-0.15, -0.1) is 0 Å². The number of pyridine rings is 1. The summed E-state index contributed by atoms with van der Waals surface area (Å²) in [5, 5.41) is 2.58. The van der Waals surface area contributed by atoms with Crippen molar-refractivity contribution in [3.63, 3.8) is 0 Å². The van der Waals surface area contributed by atoms with E-state index in [2.05, 4.69) is 10.3 Å². The van der Waals surface area contributed by atoms with Gasteiger partial charge in [0.05, 0.1) is 19.6 Å². The van der Waals surface area contributed by atoms with Crippen molar-refractivity contribution in [3.8, 4) is 11.5 Å². The fourth-order valence-corrected chi connectivity index (χ4v) is 4.36. The molecule has 0 saturated carbocycles. The molecule has 4 atom stereocenters. The van der Waals surface area contributed by atoms with Crippen LogP contribution in [0.4, 0.5) is 0 Å². The topological polar surface area (TPSA) is 132 Å². The van der Waals surface area contributed by atoms with Crippen LogP contribution >= 0.6 is 0 Å². The summed E-state index contributed by atoms with van der Waals surface area (Å²) in [5.74, 6) is -2.03. The number of nitrogens with zero attached hydrogens (tertiary/aromatic N) is 1. The molecule has 3 rings (SSSR count). The van der Waals surface area contributed by atoms with Crippen LogP contribution in [0.1, 0.15) is 50.7 Å². The van der Waals surface area contributed by atoms with Crippen LogP contribution in [-0.4, -0.2) is 74.8 Å². The van der Waals surface area contributed by atoms with E-state index in [0.717, 1.165) is 5.56 Å². The Morgan fingerprint density at radius 2 is 1.76 bits per heavy atom. The highest BCUT2D eigenvalue weighted by molar-refractivity contribution is 5.98. The van der Waals surface area contributed by atoms with Crippen LogP contribution in [0.25, 0.3) is 0 Å². The zero-order valence-electron chi connectivity index (χ0n) is 25.2. The molecular weight excluding hydrogens is 544 g/mol. The third-order valence-corrected chi connectivity index (χ3v) is 6.41. The number of amides is 1. The van der Waals surface area contributed by atoms with E-state index in [-0.39, 0.29) is 35.8 Å². The second-order valence-corrected chi connectivity index (χ2v) is 11.0. The average Bonchev–Trinajstić information content (AvgIpc) is 2.99. The number of hydrogen-bond donors (Lipinski definition) is 1. The fraction of sp³-hybridized carbons (Fsp3) is 0.548. The molecule has 1 aliphatic rings. The summed E-state index contributed by atoms with van der Waals surface area (Å²) in [5.41, 5.74) is 0.781. The van der Waals surface area contributed by atoms with Crippen molar-refractivity contribution in [2.24, 2.45) is 17.8 Å². The minimum absolute atomic E-state index is 0.0492. The van der Waals surface area contributed by atoms with E-state index >= 15 is 0 Å². The SMILES string of the molecule is COc1ccnc(C(=O)N[C@H]2COC(=O)C(Cc3ccccc3)[C@@H](OCC(C)C)[C@H](C)OC2=O)c1OCOCC(C)C. The van der Waals surface area contributed by atoms with Crippen LogP contribution < -0.4 is 14.8 Å². The Balaban J connectivity index is 1.81. The van der Waals surface area contributed by atoms with Gasteiger partial charge in [0, 0.05) is 18.9 Å². The van der Waals surface area contributed by atoms with Crippen molar-refractivity contribution in [2.75, 3.05) is 33.7 Å². The zero-order valence-corrected chi connectivity index (χ0v) is 25.2. The molecule has 1 amide bonds. The molecular formula is C31H42N2O9. The van der Waals surface area contributed by atoms with Gasteiger partial charge in [-0.2, -0.15) is 0 Å². The van der Waals surface area contributed by atoms with E-state index in [0.29, 0.717) is 19.6 Å². The Morgan fingerprint density at radius 3 is 2.43 bits per heavy atom. The van der Waals surface area contributed by atoms with Crippen LogP contribution in [0.15, 0.2) is 42.6 Å². The van der Waals surface area contributed by atoms with Crippen LogP contribution in [0.3, 0.4) is 0 Å². The molecule has 1 aromatic heterocycles. The maximum absolute atomic E-state index is 13.4. The summed E-state index contributed by atoms with van der Waals surface area (Å²) in [6.45, 7) is 9.88. The summed E-state index contributed by atoms with van der Waals surface area (Å²) in [6, 6.07) is 9.72. The van der Waals surface area contributed by atoms with E-state index < -0.39 is 48.6 Å². The lowest BCUT2D eigenvalue weighted by Crippen LogP contribution is -2.46. The quantitative estimate of drug-likeness (QED) is 0.211. The minimum Gasteiger partial charge on any atom is -0.493 e. The molecule has 230 valence electrons. The third-order valence-electron chi connectivity index (χ3n) is 6.41. The first kappa shape index (κ1) is 32.8. The molecule has 1 N–H and O–H groups in total. The summed E-state index contributed by atoms with van der Waals surface area (Å²) in [6.07, 6.45) is 0.143. The van der Waals surface area contributed by atoms with E-state index in [1.165, 1.54) is 19.4 Å². The van der Waals surface area contributed by atoms with Crippen LogP contribution in [0.2, 0.25) is 0 Å². The maximum Gasteiger partial charge on any atom is 0.332 e. The predicted octanol–water partition coefficient (Wildman–Crippen LogP) is 3.59. The molecule has 1 saturated heterocycles. The number of aromatic nitrogens is 1. The number of esters is 2. The van der Waals surface area contributed by atoms with Crippen LogP contribution in [-0.2, 0) is 35.0 Å². The smallest absolute Gasteiger partial charge is 0.332 e. The molecule has 0 aliphatic carbocycles. The third kappa shape index (κ3) is 9.42. The van der Waals surface area contributed by atoms with Gasteiger partial charge in [0.2, 0.25) is 0 Å². The molecule has 1 aromatic carbocycles. The number of cyclic esters (lactones) is 2. The van der Waals surface area contributed by atoms with Crippen molar-refractivity contribution >= 4 is 17.8 Å². The molecule has 2 heterocycles. The van der Waals surface area contributed by atoms with Crippen molar-refractivity contribution in [1.82, 2.24) is 10.3 Å². The number of ether oxygens (including phenoxy) is 6.